The van der Waals surface area contributed by atoms with E-state index in [0.717, 1.165) is 23.7 Å². The van der Waals surface area contributed by atoms with Crippen molar-refractivity contribution in [1.29, 1.82) is 0 Å². The number of non-ortho nitro benzene ring substituents is 1. The monoisotopic (exact) mass is 393 g/mol. The maximum Gasteiger partial charge on any atom is 0.279 e. The van der Waals surface area contributed by atoms with Crippen molar-refractivity contribution in [2.75, 3.05) is 42.9 Å². The number of hydrogen-bond acceptors (Lipinski definition) is 4. The molecule has 2 N–H and O–H groups in total. The van der Waals surface area contributed by atoms with Crippen LogP contribution in [-0.2, 0) is 4.79 Å². The summed E-state index contributed by atoms with van der Waals surface area (Å²) in [4.78, 5) is 25.6. The first-order valence-corrected chi connectivity index (χ1v) is 8.88. The van der Waals surface area contributed by atoms with Gasteiger partial charge in [0.25, 0.3) is 11.6 Å². The zero-order chi connectivity index (χ0) is 19.4. The molecule has 1 aliphatic heterocycles. The minimum atomic E-state index is -0.477. The molecule has 2 aromatic carbocycles. The summed E-state index contributed by atoms with van der Waals surface area (Å²) in [7, 11) is 0. The molecule has 2 aromatic rings. The van der Waals surface area contributed by atoms with Gasteiger partial charge in [0.15, 0.2) is 6.54 Å². The van der Waals surface area contributed by atoms with Gasteiger partial charge in [-0.3, -0.25) is 14.9 Å². The number of anilines is 2. The molecule has 0 atom stereocenters. The second-order valence-electron chi connectivity index (χ2n) is 6.37. The first kappa shape index (κ1) is 19.1. The fourth-order valence-corrected chi connectivity index (χ4v) is 3.40. The molecule has 0 radical (unpaired) electrons. The molecule has 142 valence electrons. The molecule has 1 amide bonds. The van der Waals surface area contributed by atoms with Crippen LogP contribution in [0.1, 0.15) is 0 Å². The van der Waals surface area contributed by atoms with Crippen LogP contribution >= 0.6 is 11.6 Å². The number of hydrogen-bond donors (Lipinski definition) is 2. The number of benzene rings is 2. The molecule has 9 heteroatoms. The largest absolute Gasteiger partial charge is 0.359 e. The van der Waals surface area contributed by atoms with Gasteiger partial charge >= 0.3 is 0 Å². The number of rotatable bonds is 5. The molecule has 0 unspecified atom stereocenters. The normalized spacial score (nSPS) is 14.8. The fourth-order valence-electron chi connectivity index (χ4n) is 3.10. The summed E-state index contributed by atoms with van der Waals surface area (Å²) in [5.41, 5.74) is 1.16. The number of nitro benzene ring substituents is 1. The van der Waals surface area contributed by atoms with E-state index >= 15 is 0 Å². The van der Waals surface area contributed by atoms with Crippen LogP contribution in [0.3, 0.4) is 0 Å². The Balaban J connectivity index is 1.53. The maximum atomic E-state index is 13.2. The highest BCUT2D eigenvalue weighted by molar-refractivity contribution is 6.33. The molecule has 1 heterocycles. The van der Waals surface area contributed by atoms with Gasteiger partial charge in [-0.2, -0.15) is 0 Å². The number of carbonyl (C=O) groups is 1. The van der Waals surface area contributed by atoms with Gasteiger partial charge in [-0.05, 0) is 24.3 Å². The van der Waals surface area contributed by atoms with Gasteiger partial charge in [-0.15, -0.1) is 0 Å². The van der Waals surface area contributed by atoms with E-state index in [-0.39, 0.29) is 11.6 Å². The third-order valence-corrected chi connectivity index (χ3v) is 4.77. The quantitative estimate of drug-likeness (QED) is 0.599. The van der Waals surface area contributed by atoms with Crippen LogP contribution in [0.4, 0.5) is 21.5 Å². The Labute approximate surface area is 160 Å². The molecule has 0 bridgehead atoms. The molecule has 0 saturated carbocycles. The lowest BCUT2D eigenvalue weighted by molar-refractivity contribution is -0.892. The van der Waals surface area contributed by atoms with Gasteiger partial charge in [0.2, 0.25) is 0 Å². The summed E-state index contributed by atoms with van der Waals surface area (Å²) in [6.07, 6.45) is 0. The van der Waals surface area contributed by atoms with Gasteiger partial charge in [0, 0.05) is 17.8 Å². The highest BCUT2D eigenvalue weighted by Gasteiger charge is 2.24. The van der Waals surface area contributed by atoms with E-state index in [2.05, 4.69) is 10.2 Å². The lowest BCUT2D eigenvalue weighted by atomic mass is 10.2. The van der Waals surface area contributed by atoms with E-state index < -0.39 is 10.7 Å². The molecule has 0 aliphatic carbocycles. The Hall–Kier alpha value is -2.71. The number of amides is 1. The average Bonchev–Trinajstić information content (AvgIpc) is 2.62. The SMILES string of the molecule is O=C(C[NH+]1CCN(c2ccc([N+](=O)[O-])cc2Cl)CC1)Nc1cccc(F)c1. The summed E-state index contributed by atoms with van der Waals surface area (Å²) >= 11 is 6.18. The predicted octanol–water partition coefficient (Wildman–Crippen LogP) is 1.73. The van der Waals surface area contributed by atoms with Crippen LogP contribution in [0.2, 0.25) is 5.02 Å². The summed E-state index contributed by atoms with van der Waals surface area (Å²) in [5, 5.41) is 13.9. The number of piperazine rings is 1. The highest BCUT2D eigenvalue weighted by atomic mass is 35.5. The smallest absolute Gasteiger partial charge is 0.279 e. The number of quaternary nitrogens is 1. The lowest BCUT2D eigenvalue weighted by Crippen LogP contribution is -3.15. The van der Waals surface area contributed by atoms with Crippen molar-refractivity contribution in [1.82, 2.24) is 0 Å². The van der Waals surface area contributed by atoms with Gasteiger partial charge < -0.3 is 15.1 Å². The Morgan fingerprint density at radius 2 is 2.00 bits per heavy atom. The molecule has 0 aromatic heterocycles. The number of nitrogens with zero attached hydrogens (tertiary/aromatic N) is 2. The molecule has 1 aliphatic rings. The van der Waals surface area contributed by atoms with E-state index in [9.17, 15) is 19.3 Å². The second kappa shape index (κ2) is 8.32. The molecular weight excluding hydrogens is 375 g/mol. The standard InChI is InChI=1S/C18H18ClFN4O3/c19-16-11-15(24(26)27)4-5-17(16)23-8-6-22(7-9-23)12-18(25)21-14-3-1-2-13(20)10-14/h1-5,10-11H,6-9,12H2,(H,21,25)/p+1. The fraction of sp³-hybridized carbons (Fsp3) is 0.278. The summed E-state index contributed by atoms with van der Waals surface area (Å²) in [6.45, 7) is 3.10. The Morgan fingerprint density at radius 3 is 2.63 bits per heavy atom. The molecular formula is C18H19ClFN4O3+. The van der Waals surface area contributed by atoms with Crippen molar-refractivity contribution >= 4 is 34.6 Å². The zero-order valence-electron chi connectivity index (χ0n) is 14.5. The third kappa shape index (κ3) is 4.93. The average molecular weight is 394 g/mol. The topological polar surface area (TPSA) is 79.9 Å². The second-order valence-corrected chi connectivity index (χ2v) is 6.77. The van der Waals surface area contributed by atoms with Crippen LogP contribution < -0.4 is 15.1 Å². The van der Waals surface area contributed by atoms with E-state index in [4.69, 9.17) is 11.6 Å². The molecule has 0 spiro atoms. The van der Waals surface area contributed by atoms with Crippen molar-refractivity contribution in [3.63, 3.8) is 0 Å². The van der Waals surface area contributed by atoms with Crippen molar-refractivity contribution in [3.8, 4) is 0 Å². The van der Waals surface area contributed by atoms with Gasteiger partial charge in [0.1, 0.15) is 5.82 Å². The highest BCUT2D eigenvalue weighted by Crippen LogP contribution is 2.29. The van der Waals surface area contributed by atoms with E-state index in [1.54, 1.807) is 18.2 Å². The van der Waals surface area contributed by atoms with Crippen LogP contribution in [-0.4, -0.2) is 43.6 Å². The number of carbonyl (C=O) groups excluding carboxylic acids is 1. The Morgan fingerprint density at radius 1 is 1.26 bits per heavy atom. The van der Waals surface area contributed by atoms with Crippen LogP contribution in [0.25, 0.3) is 0 Å². The maximum absolute atomic E-state index is 13.2. The summed E-state index contributed by atoms with van der Waals surface area (Å²) < 4.78 is 13.2. The van der Waals surface area contributed by atoms with Crippen molar-refractivity contribution in [2.24, 2.45) is 0 Å². The summed E-state index contributed by atoms with van der Waals surface area (Å²) in [6, 6.07) is 10.2. The Bertz CT molecular complexity index is 856. The van der Waals surface area contributed by atoms with Gasteiger partial charge in [-0.25, -0.2) is 4.39 Å². The number of nitro groups is 1. The van der Waals surface area contributed by atoms with Crippen LogP contribution in [0.15, 0.2) is 42.5 Å². The number of halogens is 2. The van der Waals surface area contributed by atoms with Crippen molar-refractivity contribution in [2.45, 2.75) is 0 Å². The number of nitrogens with one attached hydrogen (secondary N) is 2. The van der Waals surface area contributed by atoms with Crippen LogP contribution in [0.5, 0.6) is 0 Å². The molecule has 3 rings (SSSR count). The zero-order valence-corrected chi connectivity index (χ0v) is 15.2. The molecule has 1 fully saturated rings. The van der Waals surface area contributed by atoms with Crippen molar-refractivity contribution < 1.29 is 19.0 Å². The minimum Gasteiger partial charge on any atom is -0.359 e. The lowest BCUT2D eigenvalue weighted by Gasteiger charge is -2.33. The van der Waals surface area contributed by atoms with Crippen molar-refractivity contribution in [3.05, 3.63) is 63.4 Å². The molecule has 7 nitrogen and oxygen atoms in total. The first-order chi connectivity index (χ1) is 12.9. The van der Waals surface area contributed by atoms with Gasteiger partial charge in [-0.1, -0.05) is 17.7 Å². The molecule has 27 heavy (non-hydrogen) atoms. The third-order valence-electron chi connectivity index (χ3n) is 4.47. The predicted molar refractivity (Wildman–Crippen MR) is 101 cm³/mol. The minimum absolute atomic E-state index is 0.0398. The molecule has 1 saturated heterocycles. The summed E-state index contributed by atoms with van der Waals surface area (Å²) in [5.74, 6) is -0.564. The Kier molecular flexibility index (Phi) is 5.88. The van der Waals surface area contributed by atoms with E-state index in [1.165, 1.54) is 24.3 Å². The van der Waals surface area contributed by atoms with Gasteiger partial charge in [0.05, 0.1) is 41.8 Å². The van der Waals surface area contributed by atoms with Crippen LogP contribution in [0, 0.1) is 15.9 Å². The van der Waals surface area contributed by atoms with E-state index in [0.29, 0.717) is 30.3 Å². The first-order valence-electron chi connectivity index (χ1n) is 8.50. The van der Waals surface area contributed by atoms with E-state index in [1.807, 2.05) is 0 Å².